The molecule has 0 amide bonds. The van der Waals surface area contributed by atoms with E-state index in [2.05, 4.69) is 32.6 Å². The molecular formula is C22H28O3. The van der Waals surface area contributed by atoms with Gasteiger partial charge in [-0.2, -0.15) is 0 Å². The van der Waals surface area contributed by atoms with Gasteiger partial charge in [0.2, 0.25) is 0 Å². The van der Waals surface area contributed by atoms with Crippen molar-refractivity contribution in [1.82, 2.24) is 0 Å². The molecule has 0 spiro atoms. The molecule has 25 heavy (non-hydrogen) atoms. The molecule has 2 aliphatic carbocycles. The molecular weight excluding hydrogens is 312 g/mol. The molecule has 1 aromatic rings. The largest absolute Gasteiger partial charge is 0.458 e. The minimum Gasteiger partial charge on any atom is -0.458 e. The number of carbonyl (C=O) groups excluding carboxylic acids is 1. The molecule has 2 fully saturated rings. The Morgan fingerprint density at radius 3 is 2.44 bits per heavy atom. The summed E-state index contributed by atoms with van der Waals surface area (Å²) in [7, 11) is 1.52. The van der Waals surface area contributed by atoms with Crippen LogP contribution in [0.3, 0.4) is 0 Å². The summed E-state index contributed by atoms with van der Waals surface area (Å²) in [5.41, 5.74) is -0.620. The highest BCUT2D eigenvalue weighted by Gasteiger charge is 2.62. The van der Waals surface area contributed by atoms with Gasteiger partial charge in [-0.15, -0.1) is 5.92 Å². The van der Waals surface area contributed by atoms with E-state index in [0.717, 1.165) is 12.8 Å². The molecule has 2 bridgehead atoms. The fraction of sp³-hybridized carbons (Fsp3) is 0.591. The van der Waals surface area contributed by atoms with Crippen LogP contribution < -0.4 is 0 Å². The van der Waals surface area contributed by atoms with Crippen molar-refractivity contribution in [3.05, 3.63) is 35.9 Å². The number of ether oxygens (including phenoxy) is 2. The van der Waals surface area contributed by atoms with E-state index in [4.69, 9.17) is 9.47 Å². The topological polar surface area (TPSA) is 35.5 Å². The van der Waals surface area contributed by atoms with Gasteiger partial charge in [0.25, 0.3) is 5.60 Å². The molecule has 3 nitrogen and oxygen atoms in total. The van der Waals surface area contributed by atoms with E-state index in [0.29, 0.717) is 11.5 Å². The van der Waals surface area contributed by atoms with E-state index in [-0.39, 0.29) is 16.9 Å². The van der Waals surface area contributed by atoms with Crippen molar-refractivity contribution in [3.8, 4) is 11.8 Å². The molecule has 0 saturated heterocycles. The summed E-state index contributed by atoms with van der Waals surface area (Å²) in [5.74, 6) is 6.04. The number of carbonyl (C=O) groups is 1. The van der Waals surface area contributed by atoms with E-state index in [1.54, 1.807) is 6.92 Å². The van der Waals surface area contributed by atoms with Crippen molar-refractivity contribution in [2.45, 2.75) is 58.7 Å². The summed E-state index contributed by atoms with van der Waals surface area (Å²) >= 11 is 0. The Hall–Kier alpha value is -1.79. The quantitative estimate of drug-likeness (QED) is 0.605. The monoisotopic (exact) mass is 340 g/mol. The van der Waals surface area contributed by atoms with Gasteiger partial charge in [0.05, 0.1) is 0 Å². The number of methoxy groups -OCH3 is 1. The zero-order valence-electron chi connectivity index (χ0n) is 15.9. The summed E-state index contributed by atoms with van der Waals surface area (Å²) in [4.78, 5) is 13.3. The van der Waals surface area contributed by atoms with Crippen LogP contribution in [0.15, 0.2) is 30.3 Å². The van der Waals surface area contributed by atoms with Gasteiger partial charge in [0.1, 0.15) is 6.10 Å². The Labute approximate surface area is 151 Å². The molecule has 0 aliphatic heterocycles. The first kappa shape index (κ1) is 18.0. The first-order chi connectivity index (χ1) is 11.8. The number of fused-ring (bicyclic) bond motifs is 2. The maximum atomic E-state index is 13.3. The molecule has 0 unspecified atom stereocenters. The van der Waals surface area contributed by atoms with Crippen molar-refractivity contribution in [2.75, 3.05) is 7.11 Å². The van der Waals surface area contributed by atoms with E-state index < -0.39 is 11.6 Å². The maximum Gasteiger partial charge on any atom is 0.356 e. The van der Waals surface area contributed by atoms with Crippen LogP contribution in [0.1, 0.15) is 52.5 Å². The Morgan fingerprint density at radius 1 is 1.24 bits per heavy atom. The zero-order valence-corrected chi connectivity index (χ0v) is 15.9. The van der Waals surface area contributed by atoms with Gasteiger partial charge >= 0.3 is 5.97 Å². The highest BCUT2D eigenvalue weighted by Crippen LogP contribution is 2.63. The summed E-state index contributed by atoms with van der Waals surface area (Å²) in [6, 6.07) is 9.41. The first-order valence-corrected chi connectivity index (χ1v) is 9.06. The number of esters is 1. The van der Waals surface area contributed by atoms with Crippen LogP contribution in [-0.2, 0) is 19.9 Å². The van der Waals surface area contributed by atoms with Crippen molar-refractivity contribution < 1.29 is 14.3 Å². The minimum atomic E-state index is -1.37. The average Bonchev–Trinajstić information content (AvgIpc) is 3.08. The zero-order chi connectivity index (χ0) is 18.3. The van der Waals surface area contributed by atoms with Gasteiger partial charge in [0, 0.05) is 23.5 Å². The van der Waals surface area contributed by atoms with Gasteiger partial charge in [-0.1, -0.05) is 57.0 Å². The second-order valence-corrected chi connectivity index (χ2v) is 8.33. The normalized spacial score (nSPS) is 31.7. The molecule has 3 rings (SSSR count). The number of hydrogen-bond donors (Lipinski definition) is 0. The average molecular weight is 340 g/mol. The van der Waals surface area contributed by atoms with Crippen LogP contribution in [0.5, 0.6) is 0 Å². The lowest BCUT2D eigenvalue weighted by Crippen LogP contribution is -2.48. The van der Waals surface area contributed by atoms with E-state index in [1.807, 2.05) is 30.3 Å². The number of benzene rings is 1. The van der Waals surface area contributed by atoms with Crippen molar-refractivity contribution in [3.63, 3.8) is 0 Å². The SMILES string of the molecule is CC#C[C@@](OC)(C(=O)O[C@@H]1C(C)(C)[C@H]2CC[C@]1(C)C2)c1ccccc1. The lowest BCUT2D eigenvalue weighted by molar-refractivity contribution is -0.183. The summed E-state index contributed by atoms with van der Waals surface area (Å²) < 4.78 is 11.8. The minimum absolute atomic E-state index is 0.0154. The van der Waals surface area contributed by atoms with E-state index >= 15 is 0 Å². The molecule has 0 radical (unpaired) electrons. The molecule has 2 saturated carbocycles. The van der Waals surface area contributed by atoms with Crippen molar-refractivity contribution >= 4 is 5.97 Å². The Kier molecular flexibility index (Phi) is 4.45. The summed E-state index contributed by atoms with van der Waals surface area (Å²) in [6.07, 6.45) is 3.36. The van der Waals surface area contributed by atoms with Gasteiger partial charge in [-0.3, -0.25) is 0 Å². The summed E-state index contributed by atoms with van der Waals surface area (Å²) in [6.45, 7) is 8.42. The van der Waals surface area contributed by atoms with Crippen LogP contribution in [-0.4, -0.2) is 19.2 Å². The van der Waals surface area contributed by atoms with Crippen LogP contribution in [0.2, 0.25) is 0 Å². The van der Waals surface area contributed by atoms with Crippen molar-refractivity contribution in [1.29, 1.82) is 0 Å². The molecule has 4 atom stereocenters. The predicted molar refractivity (Wildman–Crippen MR) is 97.7 cm³/mol. The van der Waals surface area contributed by atoms with E-state index in [9.17, 15) is 4.79 Å². The van der Waals surface area contributed by atoms with Crippen LogP contribution in [0, 0.1) is 28.6 Å². The van der Waals surface area contributed by atoms with Gasteiger partial charge < -0.3 is 9.47 Å². The van der Waals surface area contributed by atoms with Gasteiger partial charge in [0.15, 0.2) is 0 Å². The van der Waals surface area contributed by atoms with Gasteiger partial charge in [-0.25, -0.2) is 4.79 Å². The van der Waals surface area contributed by atoms with Crippen LogP contribution >= 0.6 is 0 Å². The fourth-order valence-electron chi connectivity index (χ4n) is 5.08. The second-order valence-electron chi connectivity index (χ2n) is 8.33. The smallest absolute Gasteiger partial charge is 0.356 e. The van der Waals surface area contributed by atoms with Crippen molar-refractivity contribution in [2.24, 2.45) is 16.7 Å². The van der Waals surface area contributed by atoms with E-state index in [1.165, 1.54) is 13.5 Å². The second kappa shape index (κ2) is 6.18. The first-order valence-electron chi connectivity index (χ1n) is 9.06. The third kappa shape index (κ3) is 2.68. The summed E-state index contributed by atoms with van der Waals surface area (Å²) in [5, 5.41) is 0. The lowest BCUT2D eigenvalue weighted by Gasteiger charge is -2.43. The number of rotatable bonds is 4. The number of hydrogen-bond acceptors (Lipinski definition) is 3. The van der Waals surface area contributed by atoms with Crippen LogP contribution in [0.25, 0.3) is 0 Å². The third-order valence-corrected chi connectivity index (χ3v) is 6.44. The van der Waals surface area contributed by atoms with Gasteiger partial charge in [-0.05, 0) is 32.1 Å². The fourth-order valence-corrected chi connectivity index (χ4v) is 5.08. The molecule has 134 valence electrons. The highest BCUT2D eigenvalue weighted by atomic mass is 16.6. The Morgan fingerprint density at radius 2 is 1.92 bits per heavy atom. The lowest BCUT2D eigenvalue weighted by atomic mass is 9.70. The molecule has 3 heteroatoms. The third-order valence-electron chi connectivity index (χ3n) is 6.44. The molecule has 2 aliphatic rings. The Bertz CT molecular complexity index is 707. The maximum absolute atomic E-state index is 13.3. The molecule has 0 N–H and O–H groups in total. The molecule has 0 heterocycles. The van der Waals surface area contributed by atoms with Crippen LogP contribution in [0.4, 0.5) is 0 Å². The molecule has 0 aromatic heterocycles. The predicted octanol–water partition coefficient (Wildman–Crippen LogP) is 4.31. The highest BCUT2D eigenvalue weighted by molar-refractivity contribution is 5.85. The molecule has 1 aromatic carbocycles. The Balaban J connectivity index is 1.95. The standard InChI is InChI=1S/C22H28O3/c1-6-13-22(24-5,16-10-8-7-9-11-16)19(23)25-18-20(2,3)17-12-14-21(18,4)15-17/h7-11,17-18H,12,14-15H2,1-5H3/t17-,18+,21+,22-/m0/s1.